The summed E-state index contributed by atoms with van der Waals surface area (Å²) < 4.78 is 0. The maximum atomic E-state index is 12.2. The third-order valence-corrected chi connectivity index (χ3v) is 3.70. The van der Waals surface area contributed by atoms with E-state index >= 15 is 0 Å². The van der Waals surface area contributed by atoms with E-state index in [9.17, 15) is 9.59 Å². The number of aliphatic carboxylic acids is 1. The molecular formula is C13H24N2O3. The van der Waals surface area contributed by atoms with Crippen molar-refractivity contribution in [2.75, 3.05) is 0 Å². The smallest absolute Gasteiger partial charge is 0.326 e. The van der Waals surface area contributed by atoms with Gasteiger partial charge in [-0.15, -0.1) is 0 Å². The molecule has 0 aromatic carbocycles. The highest BCUT2D eigenvalue weighted by molar-refractivity contribution is 5.83. The normalized spacial score (nSPS) is 25.3. The summed E-state index contributed by atoms with van der Waals surface area (Å²) in [5, 5.41) is 11.7. The van der Waals surface area contributed by atoms with Gasteiger partial charge in [0.25, 0.3) is 0 Å². The van der Waals surface area contributed by atoms with Crippen LogP contribution in [0.15, 0.2) is 0 Å². The van der Waals surface area contributed by atoms with Gasteiger partial charge in [0.1, 0.15) is 6.04 Å². The molecule has 0 saturated carbocycles. The van der Waals surface area contributed by atoms with Crippen molar-refractivity contribution >= 4 is 12.0 Å². The van der Waals surface area contributed by atoms with E-state index in [0.717, 1.165) is 19.3 Å². The van der Waals surface area contributed by atoms with Crippen LogP contribution in [-0.2, 0) is 4.79 Å². The van der Waals surface area contributed by atoms with Crippen LogP contribution >= 0.6 is 0 Å². The Labute approximate surface area is 109 Å². The predicted molar refractivity (Wildman–Crippen MR) is 69.4 cm³/mol. The Kier molecular flexibility index (Phi) is 4.99. The summed E-state index contributed by atoms with van der Waals surface area (Å²) in [5.74, 6) is -1.09. The van der Waals surface area contributed by atoms with Crippen LogP contribution < -0.4 is 5.32 Å². The zero-order valence-electron chi connectivity index (χ0n) is 11.6. The average molecular weight is 256 g/mol. The van der Waals surface area contributed by atoms with Gasteiger partial charge >= 0.3 is 12.0 Å². The van der Waals surface area contributed by atoms with Crippen LogP contribution in [0.5, 0.6) is 0 Å². The zero-order chi connectivity index (χ0) is 13.9. The molecule has 1 fully saturated rings. The number of hydrogen-bond donors (Lipinski definition) is 2. The van der Waals surface area contributed by atoms with Crippen LogP contribution in [-0.4, -0.2) is 40.1 Å². The molecular weight excluding hydrogens is 232 g/mol. The van der Waals surface area contributed by atoms with Crippen molar-refractivity contribution in [2.24, 2.45) is 5.92 Å². The van der Waals surface area contributed by atoms with Crippen LogP contribution in [0.2, 0.25) is 0 Å². The average Bonchev–Trinajstić information content (AvgIpc) is 2.66. The molecule has 104 valence electrons. The number of nitrogens with one attached hydrogen (secondary N) is 1. The van der Waals surface area contributed by atoms with E-state index in [4.69, 9.17) is 5.11 Å². The van der Waals surface area contributed by atoms with E-state index in [1.54, 1.807) is 18.7 Å². The molecule has 1 aliphatic heterocycles. The lowest BCUT2D eigenvalue weighted by molar-refractivity contribution is -0.140. The number of carboxylic acids is 1. The van der Waals surface area contributed by atoms with E-state index < -0.39 is 12.0 Å². The number of urea groups is 1. The van der Waals surface area contributed by atoms with Gasteiger partial charge in [0.2, 0.25) is 0 Å². The Hall–Kier alpha value is -1.26. The van der Waals surface area contributed by atoms with Crippen molar-refractivity contribution in [3.8, 4) is 0 Å². The minimum atomic E-state index is -0.974. The van der Waals surface area contributed by atoms with Crippen LogP contribution in [0, 0.1) is 5.92 Å². The zero-order valence-corrected chi connectivity index (χ0v) is 11.6. The Morgan fingerprint density at radius 3 is 2.44 bits per heavy atom. The number of likely N-dealkylation sites (tertiary alicyclic amines) is 1. The molecule has 0 aromatic rings. The second-order valence-electron chi connectivity index (χ2n) is 5.41. The Morgan fingerprint density at radius 1 is 1.39 bits per heavy atom. The van der Waals surface area contributed by atoms with Crippen molar-refractivity contribution in [3.05, 3.63) is 0 Å². The van der Waals surface area contributed by atoms with Gasteiger partial charge in [-0.1, -0.05) is 20.8 Å². The molecule has 2 unspecified atom stereocenters. The van der Waals surface area contributed by atoms with Gasteiger partial charge < -0.3 is 15.3 Å². The summed E-state index contributed by atoms with van der Waals surface area (Å²) in [7, 11) is 0. The maximum absolute atomic E-state index is 12.2. The fraction of sp³-hybridized carbons (Fsp3) is 0.846. The first-order chi connectivity index (χ1) is 8.38. The monoisotopic (exact) mass is 256 g/mol. The third-order valence-electron chi connectivity index (χ3n) is 3.70. The number of hydrogen-bond acceptors (Lipinski definition) is 2. The number of rotatable bonds is 4. The summed E-state index contributed by atoms with van der Waals surface area (Å²) in [4.78, 5) is 25.1. The quantitative estimate of drug-likeness (QED) is 0.809. The van der Waals surface area contributed by atoms with E-state index in [2.05, 4.69) is 12.2 Å². The molecule has 1 saturated heterocycles. The van der Waals surface area contributed by atoms with Gasteiger partial charge in [0.05, 0.1) is 0 Å². The fourth-order valence-corrected chi connectivity index (χ4v) is 2.56. The van der Waals surface area contributed by atoms with E-state index in [0.29, 0.717) is 0 Å². The predicted octanol–water partition coefficient (Wildman–Crippen LogP) is 2.07. The van der Waals surface area contributed by atoms with Crippen molar-refractivity contribution in [1.29, 1.82) is 0 Å². The number of amides is 2. The topological polar surface area (TPSA) is 69.6 Å². The van der Waals surface area contributed by atoms with Gasteiger partial charge in [-0.05, 0) is 32.1 Å². The van der Waals surface area contributed by atoms with Gasteiger partial charge in [0, 0.05) is 12.1 Å². The summed E-state index contributed by atoms with van der Waals surface area (Å²) in [5.41, 5.74) is 0. The molecule has 0 radical (unpaired) electrons. The summed E-state index contributed by atoms with van der Waals surface area (Å²) in [6, 6.07) is -0.631. The molecule has 0 spiro atoms. The maximum Gasteiger partial charge on any atom is 0.326 e. The summed E-state index contributed by atoms with van der Waals surface area (Å²) in [6.07, 6.45) is 2.91. The summed E-state index contributed by atoms with van der Waals surface area (Å²) >= 11 is 0. The van der Waals surface area contributed by atoms with Crippen LogP contribution in [0.25, 0.3) is 0 Å². The molecule has 0 aliphatic carbocycles. The second kappa shape index (κ2) is 6.07. The lowest BCUT2D eigenvalue weighted by atomic mass is 10.1. The van der Waals surface area contributed by atoms with Crippen LogP contribution in [0.1, 0.15) is 47.0 Å². The standard InChI is InChI=1S/C13H24N2O3/c1-5-10-7-6-9(4)15(10)13(18)14-11(8(2)3)12(16)17/h8-11H,5-7H2,1-4H3,(H,14,18)(H,16,17)/t9?,10?,11-/m1/s1. The minimum Gasteiger partial charge on any atom is -0.480 e. The van der Waals surface area contributed by atoms with Gasteiger partial charge in [-0.3, -0.25) is 0 Å². The van der Waals surface area contributed by atoms with Crippen LogP contribution in [0.4, 0.5) is 4.79 Å². The largest absolute Gasteiger partial charge is 0.480 e. The molecule has 0 aromatic heterocycles. The highest BCUT2D eigenvalue weighted by Gasteiger charge is 2.35. The molecule has 2 N–H and O–H groups in total. The SMILES string of the molecule is CCC1CCC(C)N1C(=O)N[C@@H](C(=O)O)C(C)C. The number of carboxylic acid groups (broad SMARTS) is 1. The number of nitrogens with zero attached hydrogens (tertiary/aromatic N) is 1. The van der Waals surface area contributed by atoms with E-state index in [-0.39, 0.29) is 24.0 Å². The van der Waals surface area contributed by atoms with Crippen molar-refractivity contribution in [3.63, 3.8) is 0 Å². The van der Waals surface area contributed by atoms with Gasteiger partial charge in [0.15, 0.2) is 0 Å². The first kappa shape index (κ1) is 14.8. The molecule has 1 aliphatic rings. The molecule has 0 bridgehead atoms. The lowest BCUT2D eigenvalue weighted by Gasteiger charge is -2.30. The second-order valence-corrected chi connectivity index (χ2v) is 5.41. The van der Waals surface area contributed by atoms with Gasteiger partial charge in [-0.25, -0.2) is 9.59 Å². The molecule has 2 amide bonds. The van der Waals surface area contributed by atoms with Gasteiger partial charge in [-0.2, -0.15) is 0 Å². The first-order valence-corrected chi connectivity index (χ1v) is 6.70. The van der Waals surface area contributed by atoms with E-state index in [1.807, 2.05) is 6.92 Å². The molecule has 3 atom stereocenters. The highest BCUT2D eigenvalue weighted by atomic mass is 16.4. The van der Waals surface area contributed by atoms with Crippen molar-refractivity contribution in [1.82, 2.24) is 10.2 Å². The lowest BCUT2D eigenvalue weighted by Crippen LogP contribution is -2.53. The van der Waals surface area contributed by atoms with Crippen LogP contribution in [0.3, 0.4) is 0 Å². The molecule has 1 rings (SSSR count). The summed E-state index contributed by atoms with van der Waals surface area (Å²) in [6.45, 7) is 7.66. The molecule has 1 heterocycles. The Balaban J connectivity index is 2.71. The Bertz CT molecular complexity index is 317. The van der Waals surface area contributed by atoms with E-state index in [1.165, 1.54) is 0 Å². The number of carbonyl (C=O) groups excluding carboxylic acids is 1. The fourth-order valence-electron chi connectivity index (χ4n) is 2.56. The van der Waals surface area contributed by atoms with Crippen molar-refractivity contribution in [2.45, 2.75) is 65.1 Å². The Morgan fingerprint density at radius 2 is 2.00 bits per heavy atom. The van der Waals surface area contributed by atoms with Crippen molar-refractivity contribution < 1.29 is 14.7 Å². The number of carbonyl (C=O) groups is 2. The minimum absolute atomic E-state index is 0.121. The molecule has 5 nitrogen and oxygen atoms in total. The molecule has 18 heavy (non-hydrogen) atoms. The first-order valence-electron chi connectivity index (χ1n) is 6.70. The molecule has 5 heteroatoms. The third kappa shape index (κ3) is 3.15. The highest BCUT2D eigenvalue weighted by Crippen LogP contribution is 2.26.